The van der Waals surface area contributed by atoms with Crippen LogP contribution >= 0.6 is 0 Å². The van der Waals surface area contributed by atoms with Crippen LogP contribution in [0.2, 0.25) is 0 Å². The van der Waals surface area contributed by atoms with Gasteiger partial charge in [0.05, 0.1) is 13.2 Å². The van der Waals surface area contributed by atoms with Crippen LogP contribution in [0.1, 0.15) is 5.56 Å². The molecule has 4 rings (SSSR count). The number of benzene rings is 3. The number of hydrogen-bond donors (Lipinski definition) is 3. The minimum Gasteiger partial charge on any atom is -0.504 e. The highest BCUT2D eigenvalue weighted by Gasteiger charge is 2.23. The maximum Gasteiger partial charge on any atom is 0.260 e. The molecule has 0 bridgehead atoms. The molecule has 0 saturated carbocycles. The zero-order chi connectivity index (χ0) is 26.2. The number of carbonyl (C=O) groups excluding carboxylic acids is 1. The van der Waals surface area contributed by atoms with Gasteiger partial charge in [0.2, 0.25) is 5.75 Å². The molecule has 37 heavy (non-hydrogen) atoms. The van der Waals surface area contributed by atoms with Gasteiger partial charge >= 0.3 is 0 Å². The Balaban J connectivity index is 1.73. The summed E-state index contributed by atoms with van der Waals surface area (Å²) in [5.74, 6) is -0.838. The summed E-state index contributed by atoms with van der Waals surface area (Å²) in [6.45, 7) is -0.953. The number of rotatable bonds is 11. The topological polar surface area (TPSA) is 130 Å². The summed E-state index contributed by atoms with van der Waals surface area (Å²) in [5.41, 5.74) is 1.13. The molecular weight excluding hydrogens is 478 g/mol. The number of aliphatic hydroxyl groups excluding tert-OH is 2. The van der Waals surface area contributed by atoms with Gasteiger partial charge in [-0.15, -0.1) is 0 Å². The molecule has 1 aromatic heterocycles. The van der Waals surface area contributed by atoms with Crippen LogP contribution in [0.5, 0.6) is 17.2 Å². The van der Waals surface area contributed by atoms with Crippen molar-refractivity contribution in [3.05, 3.63) is 88.6 Å². The Morgan fingerprint density at radius 3 is 2.19 bits per heavy atom. The molecule has 0 saturated heterocycles. The quantitative estimate of drug-likeness (QED) is 0.284. The van der Waals surface area contributed by atoms with Gasteiger partial charge in [-0.05, 0) is 5.56 Å². The van der Waals surface area contributed by atoms with Crippen molar-refractivity contribution < 1.29 is 34.0 Å². The first-order valence-electron chi connectivity index (χ1n) is 11.7. The van der Waals surface area contributed by atoms with Gasteiger partial charge in [-0.25, -0.2) is 0 Å². The minimum absolute atomic E-state index is 0.00959. The predicted molar refractivity (Wildman–Crippen MR) is 137 cm³/mol. The predicted octanol–water partition coefficient (Wildman–Crippen LogP) is 2.94. The Morgan fingerprint density at radius 1 is 0.892 bits per heavy atom. The van der Waals surface area contributed by atoms with Gasteiger partial charge in [0.1, 0.15) is 23.3 Å². The van der Waals surface area contributed by atoms with Crippen molar-refractivity contribution in [3.8, 4) is 28.6 Å². The zero-order valence-corrected chi connectivity index (χ0v) is 20.0. The normalized spacial score (nSPS) is 10.9. The zero-order valence-electron chi connectivity index (χ0n) is 20.0. The molecule has 0 radical (unpaired) electrons. The fourth-order valence-corrected chi connectivity index (χ4v) is 3.82. The van der Waals surface area contributed by atoms with E-state index in [0.717, 1.165) is 5.56 Å². The van der Waals surface area contributed by atoms with Gasteiger partial charge in [-0.3, -0.25) is 9.59 Å². The average Bonchev–Trinajstić information content (AvgIpc) is 2.92. The summed E-state index contributed by atoms with van der Waals surface area (Å²) >= 11 is 0. The van der Waals surface area contributed by atoms with Crippen LogP contribution in [0, 0.1) is 0 Å². The standard InChI is InChI=1S/C28H27NO8/c30-13-11-29(12-14-31)25(33)18-36-28-24(35-17-19-7-3-1-4-8-19)16-23-26(27(28)34)21(32)15-22(37-23)20-9-5-2-6-10-20/h1-10,15-16,30-31,34H,11-14,17-18H2. The first kappa shape index (κ1) is 25.7. The number of fused-ring (bicyclic) bond motifs is 1. The molecule has 3 N–H and O–H groups in total. The Bertz CT molecular complexity index is 1400. The van der Waals surface area contributed by atoms with E-state index in [1.165, 1.54) is 17.0 Å². The number of phenols is 1. The van der Waals surface area contributed by atoms with Crippen molar-refractivity contribution in [2.75, 3.05) is 32.9 Å². The molecule has 9 heteroatoms. The highest BCUT2D eigenvalue weighted by atomic mass is 16.5. The van der Waals surface area contributed by atoms with E-state index < -0.39 is 23.7 Å². The van der Waals surface area contributed by atoms with Gasteiger partial charge in [0.15, 0.2) is 23.5 Å². The lowest BCUT2D eigenvalue weighted by Gasteiger charge is -2.21. The molecule has 0 atom stereocenters. The first-order valence-corrected chi connectivity index (χ1v) is 11.7. The second kappa shape index (κ2) is 12.1. The van der Waals surface area contributed by atoms with E-state index in [1.807, 2.05) is 48.5 Å². The van der Waals surface area contributed by atoms with Crippen LogP contribution < -0.4 is 14.9 Å². The van der Waals surface area contributed by atoms with Crippen molar-refractivity contribution in [2.24, 2.45) is 0 Å². The summed E-state index contributed by atoms with van der Waals surface area (Å²) in [5, 5.41) is 29.3. The number of ether oxygens (including phenoxy) is 2. The first-order chi connectivity index (χ1) is 18.0. The van der Waals surface area contributed by atoms with Crippen molar-refractivity contribution in [1.82, 2.24) is 4.90 Å². The number of hydrogen-bond acceptors (Lipinski definition) is 8. The second-order valence-electron chi connectivity index (χ2n) is 8.16. The van der Waals surface area contributed by atoms with E-state index in [-0.39, 0.29) is 55.4 Å². The lowest BCUT2D eigenvalue weighted by molar-refractivity contribution is -0.134. The number of carbonyl (C=O) groups is 1. The molecule has 1 heterocycles. The van der Waals surface area contributed by atoms with Crippen molar-refractivity contribution in [3.63, 3.8) is 0 Å². The van der Waals surface area contributed by atoms with Gasteiger partial charge < -0.3 is 34.1 Å². The summed E-state index contributed by atoms with van der Waals surface area (Å²) in [6.07, 6.45) is 0. The van der Waals surface area contributed by atoms with Crippen LogP contribution in [0.15, 0.2) is 82.0 Å². The van der Waals surface area contributed by atoms with Gasteiger partial charge in [-0.1, -0.05) is 60.7 Å². The molecule has 0 aliphatic carbocycles. The molecular formula is C28H27NO8. The third kappa shape index (κ3) is 6.08. The maximum atomic E-state index is 13.0. The van der Waals surface area contributed by atoms with Crippen molar-refractivity contribution in [2.45, 2.75) is 6.61 Å². The molecule has 0 aliphatic rings. The van der Waals surface area contributed by atoms with Crippen LogP contribution in [0.4, 0.5) is 0 Å². The molecule has 0 aliphatic heterocycles. The molecule has 0 fully saturated rings. The highest BCUT2D eigenvalue weighted by Crippen LogP contribution is 2.43. The summed E-state index contributed by atoms with van der Waals surface area (Å²) in [6, 6.07) is 21.1. The smallest absolute Gasteiger partial charge is 0.260 e. The second-order valence-corrected chi connectivity index (χ2v) is 8.16. The Hall–Kier alpha value is -4.34. The van der Waals surface area contributed by atoms with E-state index in [0.29, 0.717) is 11.3 Å². The van der Waals surface area contributed by atoms with E-state index >= 15 is 0 Å². The lowest BCUT2D eigenvalue weighted by Crippen LogP contribution is -2.38. The number of aromatic hydroxyl groups is 1. The molecule has 4 aromatic rings. The summed E-state index contributed by atoms with van der Waals surface area (Å²) < 4.78 is 17.6. The van der Waals surface area contributed by atoms with Gasteiger partial charge in [-0.2, -0.15) is 0 Å². The third-order valence-electron chi connectivity index (χ3n) is 5.64. The SMILES string of the molecule is O=C(COc1c(OCc2ccccc2)cc2oc(-c3ccccc3)cc(=O)c2c1O)N(CCO)CCO. The fraction of sp³-hybridized carbons (Fsp3) is 0.214. The molecule has 9 nitrogen and oxygen atoms in total. The van der Waals surface area contributed by atoms with Gasteiger partial charge in [0, 0.05) is 30.8 Å². The number of phenolic OH excluding ortho intramolecular Hbond substituents is 1. The third-order valence-corrected chi connectivity index (χ3v) is 5.64. The molecule has 1 amide bonds. The fourth-order valence-electron chi connectivity index (χ4n) is 3.82. The molecule has 0 spiro atoms. The lowest BCUT2D eigenvalue weighted by atomic mass is 10.1. The number of nitrogens with zero attached hydrogens (tertiary/aromatic N) is 1. The maximum absolute atomic E-state index is 13.0. The van der Waals surface area contributed by atoms with Gasteiger partial charge in [0.25, 0.3) is 5.91 Å². The van der Waals surface area contributed by atoms with E-state index in [9.17, 15) is 24.9 Å². The summed E-state index contributed by atoms with van der Waals surface area (Å²) in [7, 11) is 0. The Kier molecular flexibility index (Phi) is 8.40. The van der Waals surface area contributed by atoms with Crippen molar-refractivity contribution >= 4 is 16.9 Å². The average molecular weight is 506 g/mol. The van der Waals surface area contributed by atoms with Crippen molar-refractivity contribution in [1.29, 1.82) is 0 Å². The van der Waals surface area contributed by atoms with Crippen LogP contribution in [-0.2, 0) is 11.4 Å². The largest absolute Gasteiger partial charge is 0.504 e. The Morgan fingerprint density at radius 2 is 1.54 bits per heavy atom. The Labute approximate surface area is 212 Å². The van der Waals surface area contributed by atoms with E-state index in [1.54, 1.807) is 12.1 Å². The van der Waals surface area contributed by atoms with E-state index in [4.69, 9.17) is 13.9 Å². The minimum atomic E-state index is -0.525. The van der Waals surface area contributed by atoms with E-state index in [2.05, 4.69) is 0 Å². The molecule has 192 valence electrons. The highest BCUT2D eigenvalue weighted by molar-refractivity contribution is 5.90. The van der Waals surface area contributed by atoms with Crippen LogP contribution in [-0.4, -0.2) is 59.0 Å². The van der Waals surface area contributed by atoms with Crippen LogP contribution in [0.25, 0.3) is 22.3 Å². The number of amides is 1. The summed E-state index contributed by atoms with van der Waals surface area (Å²) in [4.78, 5) is 26.8. The molecule has 0 unspecified atom stereocenters. The monoisotopic (exact) mass is 505 g/mol. The van der Waals surface area contributed by atoms with Crippen LogP contribution in [0.3, 0.4) is 0 Å². The number of aliphatic hydroxyl groups is 2. The molecule has 3 aromatic carbocycles.